The summed E-state index contributed by atoms with van der Waals surface area (Å²) in [4.78, 5) is 0. The van der Waals surface area contributed by atoms with E-state index in [9.17, 15) is 27.5 Å². The third-order valence-electron chi connectivity index (χ3n) is 2.06. The summed E-state index contributed by atoms with van der Waals surface area (Å²) in [5, 5.41) is 1.35. The summed E-state index contributed by atoms with van der Waals surface area (Å²) >= 11 is 22.2. The van der Waals surface area contributed by atoms with Crippen LogP contribution >= 0.6 is 46.4 Å². The van der Waals surface area contributed by atoms with Crippen molar-refractivity contribution in [2.45, 2.75) is 0 Å². The number of anilines is 1. The van der Waals surface area contributed by atoms with Crippen molar-refractivity contribution in [3.8, 4) is 0 Å². The van der Waals surface area contributed by atoms with Gasteiger partial charge < -0.3 is 5.73 Å². The minimum Gasteiger partial charge on any atom is -0.399 e. The summed E-state index contributed by atoms with van der Waals surface area (Å²) in [6.07, 6.45) is 0. The summed E-state index contributed by atoms with van der Waals surface area (Å²) in [6.45, 7) is 0. The molecule has 160 valence electrons. The molecular formula is C12H8Cl4F6N2O2S2. The quantitative estimate of drug-likeness (QED) is 0.232. The molecule has 2 aromatic carbocycles. The molecule has 2 aromatic rings. The first-order chi connectivity index (χ1) is 12.3. The van der Waals surface area contributed by atoms with Gasteiger partial charge in [0.1, 0.15) is 0 Å². The third-order valence-corrected chi connectivity index (χ3v) is 3.96. The maximum atomic E-state index is 11.9. The molecule has 0 bridgehead atoms. The highest BCUT2D eigenvalue weighted by atomic mass is 35.5. The van der Waals surface area contributed by atoms with Crippen molar-refractivity contribution in [2.24, 2.45) is 4.36 Å². The summed E-state index contributed by atoms with van der Waals surface area (Å²) in [6, 6.07) is 8.60. The highest BCUT2D eigenvalue weighted by Crippen LogP contribution is 2.31. The van der Waals surface area contributed by atoms with Crippen molar-refractivity contribution in [2.75, 3.05) is 5.73 Å². The summed E-state index contributed by atoms with van der Waals surface area (Å²) in [7, 11) is -13.2. The number of hydrogen-bond donors (Lipinski definition) is 1. The van der Waals surface area contributed by atoms with E-state index < -0.39 is 21.1 Å². The average molecular weight is 532 g/mol. The second-order valence-electron chi connectivity index (χ2n) is 4.36. The number of benzene rings is 2. The molecule has 0 aromatic heterocycles. The van der Waals surface area contributed by atoms with E-state index in [1.165, 1.54) is 12.1 Å². The molecule has 0 saturated carbocycles. The van der Waals surface area contributed by atoms with Gasteiger partial charge in [-0.25, -0.2) is 0 Å². The third kappa shape index (κ3) is 16.1. The van der Waals surface area contributed by atoms with Gasteiger partial charge in [-0.3, -0.25) is 0 Å². The fourth-order valence-corrected chi connectivity index (χ4v) is 2.13. The molecule has 0 radical (unpaired) electrons. The van der Waals surface area contributed by atoms with E-state index in [4.69, 9.17) is 56.3 Å². The minimum atomic E-state index is -8.10. The predicted octanol–water partition coefficient (Wildman–Crippen LogP) is 7.78. The molecule has 0 aliphatic carbocycles. The van der Waals surface area contributed by atoms with Crippen molar-refractivity contribution >= 4 is 78.9 Å². The number of nitrogens with two attached hydrogens (primary N) is 1. The van der Waals surface area contributed by atoms with Crippen LogP contribution in [-0.4, -0.2) is 8.42 Å². The molecule has 0 aliphatic rings. The van der Waals surface area contributed by atoms with Crippen LogP contribution in [0.4, 0.5) is 34.7 Å². The van der Waals surface area contributed by atoms with Crippen LogP contribution in [0.25, 0.3) is 0 Å². The minimum absolute atomic E-state index is 0.0894. The number of nitrogen functional groups attached to an aromatic ring is 1. The maximum Gasteiger partial charge on any atom is 0.456 e. The van der Waals surface area contributed by atoms with Crippen LogP contribution in [0.15, 0.2) is 40.8 Å². The van der Waals surface area contributed by atoms with E-state index in [-0.39, 0.29) is 15.7 Å². The molecule has 0 fully saturated rings. The smallest absolute Gasteiger partial charge is 0.399 e. The number of halogens is 10. The van der Waals surface area contributed by atoms with E-state index in [0.717, 1.165) is 6.07 Å². The Morgan fingerprint density at radius 1 is 0.821 bits per heavy atom. The van der Waals surface area contributed by atoms with Crippen LogP contribution in [0.1, 0.15) is 0 Å². The van der Waals surface area contributed by atoms with Crippen LogP contribution in [0, 0.1) is 0 Å². The highest BCUT2D eigenvalue weighted by Gasteiger charge is 2.33. The molecule has 0 aliphatic heterocycles. The fraction of sp³-hybridized carbons (Fsp3) is 0. The van der Waals surface area contributed by atoms with Crippen LogP contribution < -0.4 is 5.73 Å². The Labute approximate surface area is 176 Å². The lowest BCUT2D eigenvalue weighted by molar-refractivity contribution is 0.403. The summed E-state index contributed by atoms with van der Waals surface area (Å²) < 4.78 is 84.3. The summed E-state index contributed by atoms with van der Waals surface area (Å²) in [5.74, 6) is 0. The normalized spacial score (nSPS) is 12.4. The lowest BCUT2D eigenvalue weighted by Gasteiger charge is -1.95. The van der Waals surface area contributed by atoms with E-state index in [2.05, 4.69) is 4.36 Å². The van der Waals surface area contributed by atoms with E-state index in [0.29, 0.717) is 15.7 Å². The predicted molar refractivity (Wildman–Crippen MR) is 102 cm³/mol. The Hall–Kier alpha value is -0.920. The van der Waals surface area contributed by atoms with Gasteiger partial charge >= 0.3 is 21.1 Å². The molecule has 28 heavy (non-hydrogen) atoms. The van der Waals surface area contributed by atoms with Gasteiger partial charge in [0.25, 0.3) is 0 Å². The molecule has 0 spiro atoms. The monoisotopic (exact) mass is 530 g/mol. The largest absolute Gasteiger partial charge is 0.456 e. The second-order valence-corrected chi connectivity index (χ2v) is 8.17. The Balaban J connectivity index is 0.000000423. The van der Waals surface area contributed by atoms with Gasteiger partial charge in [-0.2, -0.15) is 8.42 Å². The summed E-state index contributed by atoms with van der Waals surface area (Å²) in [5.41, 5.74) is 5.85. The van der Waals surface area contributed by atoms with Crippen molar-refractivity contribution in [1.29, 1.82) is 0 Å². The first kappa shape index (κ1) is 27.1. The average Bonchev–Trinajstić information content (AvgIpc) is 2.44. The van der Waals surface area contributed by atoms with E-state index in [1.54, 1.807) is 18.2 Å². The van der Waals surface area contributed by atoms with Gasteiger partial charge in [-0.1, -0.05) is 69.7 Å². The number of nitrogens with zero attached hydrogens (tertiary/aromatic N) is 1. The van der Waals surface area contributed by atoms with Gasteiger partial charge in [0.15, 0.2) is 0 Å². The van der Waals surface area contributed by atoms with Crippen molar-refractivity contribution in [3.63, 3.8) is 0 Å². The Morgan fingerprint density at radius 2 is 1.21 bits per heavy atom. The Morgan fingerprint density at radius 3 is 1.54 bits per heavy atom. The molecule has 0 unspecified atom stereocenters. The molecule has 0 amide bonds. The standard InChI is InChI=1S/C6H3Cl2F2NOS.C6H5Cl2N.F4OS/c7-5-2-1-4(3-6(5)8)11-13(9,10)12;7-5-2-1-4(9)3-6(5)8;1-6(2,3,4)5/h1-3H;1-3H,9H2;. The van der Waals surface area contributed by atoms with Gasteiger partial charge in [0, 0.05) is 5.69 Å². The maximum absolute atomic E-state index is 11.9. The fourth-order valence-electron chi connectivity index (χ4n) is 1.18. The lowest BCUT2D eigenvalue weighted by atomic mass is 10.3. The van der Waals surface area contributed by atoms with Crippen molar-refractivity contribution < 1.29 is 31.7 Å². The molecule has 4 nitrogen and oxygen atoms in total. The van der Waals surface area contributed by atoms with Crippen LogP contribution in [0.3, 0.4) is 0 Å². The Kier molecular flexibility index (Phi) is 9.88. The van der Waals surface area contributed by atoms with Crippen molar-refractivity contribution in [1.82, 2.24) is 0 Å². The number of hydrogen-bond acceptors (Lipinski definition) is 4. The van der Waals surface area contributed by atoms with Crippen LogP contribution in [0.5, 0.6) is 0 Å². The van der Waals surface area contributed by atoms with E-state index in [1.807, 2.05) is 0 Å². The molecule has 2 rings (SSSR count). The Bertz CT molecular complexity index is 996. The molecule has 0 heterocycles. The molecule has 0 atom stereocenters. The van der Waals surface area contributed by atoms with E-state index >= 15 is 0 Å². The van der Waals surface area contributed by atoms with Crippen molar-refractivity contribution in [3.05, 3.63) is 56.5 Å². The van der Waals surface area contributed by atoms with Gasteiger partial charge in [-0.05, 0) is 36.4 Å². The first-order valence-corrected chi connectivity index (χ1v) is 10.6. The molecule has 16 heteroatoms. The molecular weight excluding hydrogens is 524 g/mol. The lowest BCUT2D eigenvalue weighted by Crippen LogP contribution is -1.97. The van der Waals surface area contributed by atoms with Crippen LogP contribution in [0.2, 0.25) is 20.1 Å². The zero-order chi connectivity index (χ0) is 22.4. The zero-order valence-electron chi connectivity index (χ0n) is 12.9. The molecule has 0 saturated heterocycles. The van der Waals surface area contributed by atoms with Crippen LogP contribution in [-0.2, 0) is 21.1 Å². The topological polar surface area (TPSA) is 72.5 Å². The van der Waals surface area contributed by atoms with Gasteiger partial charge in [0.05, 0.1) is 25.8 Å². The van der Waals surface area contributed by atoms with Gasteiger partial charge in [-0.15, -0.1) is 4.36 Å². The highest BCUT2D eigenvalue weighted by molar-refractivity contribution is 8.01. The molecule has 2 N–H and O–H groups in total. The zero-order valence-corrected chi connectivity index (χ0v) is 17.6. The first-order valence-electron chi connectivity index (χ1n) is 6.19. The van der Waals surface area contributed by atoms with Gasteiger partial charge in [0.2, 0.25) is 0 Å². The SMILES string of the molecule is Nc1ccc(Cl)c(Cl)c1.O=S(F)(F)(F)F.O=S(F)(F)=Nc1ccc(Cl)c(Cl)c1. The number of rotatable bonds is 1. The second kappa shape index (κ2) is 10.2.